The van der Waals surface area contributed by atoms with E-state index < -0.39 is 5.82 Å². The Balaban J connectivity index is 2.25. The Labute approximate surface area is 122 Å². The summed E-state index contributed by atoms with van der Waals surface area (Å²) in [5.41, 5.74) is 2.73. The highest BCUT2D eigenvalue weighted by atomic mass is 19.1. The van der Waals surface area contributed by atoms with E-state index >= 15 is 0 Å². The van der Waals surface area contributed by atoms with Crippen LogP contribution in [0.2, 0.25) is 0 Å². The molecule has 0 aliphatic rings. The van der Waals surface area contributed by atoms with Crippen LogP contribution in [0.1, 0.15) is 30.8 Å². The van der Waals surface area contributed by atoms with Crippen LogP contribution in [-0.4, -0.2) is 20.7 Å². The summed E-state index contributed by atoms with van der Waals surface area (Å²) in [5.74, 6) is -0.0634. The van der Waals surface area contributed by atoms with Gasteiger partial charge in [-0.1, -0.05) is 5.16 Å². The number of nitrogens with zero attached hydrogens (tertiary/aromatic N) is 3. The fourth-order valence-electron chi connectivity index (χ4n) is 2.11. The number of rotatable bonds is 5. The lowest BCUT2D eigenvalue weighted by atomic mass is 10.1. The molecule has 6 heteroatoms. The molecule has 0 radical (unpaired) electrons. The fraction of sp³-hybridized carbons (Fsp3) is 0.333. The molecule has 0 aliphatic heterocycles. The van der Waals surface area contributed by atoms with Gasteiger partial charge in [0.25, 0.3) is 0 Å². The minimum atomic E-state index is -0.403. The summed E-state index contributed by atoms with van der Waals surface area (Å²) in [6.07, 6.45) is 0. The predicted octanol–water partition coefficient (Wildman–Crippen LogP) is 3.13. The van der Waals surface area contributed by atoms with Gasteiger partial charge in [-0.2, -0.15) is 5.10 Å². The number of halogens is 1. The number of aromatic nitrogens is 2. The summed E-state index contributed by atoms with van der Waals surface area (Å²) in [6.45, 7) is 6.53. The molecule has 0 aliphatic carbocycles. The molecule has 0 saturated carbocycles. The van der Waals surface area contributed by atoms with Crippen molar-refractivity contribution in [2.24, 2.45) is 5.16 Å². The predicted molar refractivity (Wildman–Crippen MR) is 77.4 cm³/mol. The Morgan fingerprint density at radius 3 is 2.86 bits per heavy atom. The number of oxime groups is 1. The zero-order valence-corrected chi connectivity index (χ0v) is 12.3. The second-order valence-corrected chi connectivity index (χ2v) is 4.71. The third-order valence-corrected chi connectivity index (χ3v) is 3.14. The van der Waals surface area contributed by atoms with Crippen molar-refractivity contribution in [1.82, 2.24) is 9.78 Å². The number of aryl methyl sites for hydroxylation is 2. The van der Waals surface area contributed by atoms with Gasteiger partial charge in [-0.3, -0.25) is 4.68 Å². The summed E-state index contributed by atoms with van der Waals surface area (Å²) in [6, 6.07) is 6.04. The Morgan fingerprint density at radius 2 is 2.19 bits per heavy atom. The lowest BCUT2D eigenvalue weighted by molar-refractivity contribution is 0.289. The molecule has 0 atom stereocenters. The zero-order valence-electron chi connectivity index (χ0n) is 12.3. The molecule has 0 saturated heterocycles. The van der Waals surface area contributed by atoms with Gasteiger partial charge in [-0.15, -0.1) is 0 Å². The van der Waals surface area contributed by atoms with Crippen LogP contribution in [0.3, 0.4) is 0 Å². The van der Waals surface area contributed by atoms with Crippen molar-refractivity contribution in [2.45, 2.75) is 33.9 Å². The van der Waals surface area contributed by atoms with E-state index in [1.807, 2.05) is 24.6 Å². The van der Waals surface area contributed by atoms with Gasteiger partial charge in [0, 0.05) is 18.2 Å². The van der Waals surface area contributed by atoms with Crippen LogP contribution in [-0.2, 0) is 13.2 Å². The first-order valence-corrected chi connectivity index (χ1v) is 6.69. The van der Waals surface area contributed by atoms with E-state index in [-0.39, 0.29) is 6.61 Å². The summed E-state index contributed by atoms with van der Waals surface area (Å²) >= 11 is 0. The summed E-state index contributed by atoms with van der Waals surface area (Å²) in [4.78, 5) is 0. The molecular weight excluding hydrogens is 273 g/mol. The smallest absolute Gasteiger partial charge is 0.131 e. The van der Waals surface area contributed by atoms with E-state index in [0.29, 0.717) is 17.0 Å². The third kappa shape index (κ3) is 3.39. The molecule has 1 aromatic carbocycles. The quantitative estimate of drug-likeness (QED) is 0.523. The molecule has 2 rings (SSSR count). The summed E-state index contributed by atoms with van der Waals surface area (Å²) in [5, 5.41) is 16.3. The number of hydrogen-bond donors (Lipinski definition) is 1. The van der Waals surface area contributed by atoms with E-state index in [2.05, 4.69) is 10.3 Å². The molecule has 21 heavy (non-hydrogen) atoms. The van der Waals surface area contributed by atoms with Gasteiger partial charge in [-0.25, -0.2) is 4.39 Å². The van der Waals surface area contributed by atoms with Gasteiger partial charge in [0.15, 0.2) is 0 Å². The van der Waals surface area contributed by atoms with E-state index in [1.54, 1.807) is 6.92 Å². The second-order valence-electron chi connectivity index (χ2n) is 4.71. The molecule has 1 aromatic heterocycles. The third-order valence-electron chi connectivity index (χ3n) is 3.14. The SMILES string of the molecule is CCn1nc(C)cc1COc1cc(F)ccc1C(C)=NO. The van der Waals surface area contributed by atoms with Gasteiger partial charge in [0.2, 0.25) is 0 Å². The van der Waals surface area contributed by atoms with Crippen molar-refractivity contribution in [3.8, 4) is 5.75 Å². The highest BCUT2D eigenvalue weighted by molar-refractivity contribution is 6.00. The lowest BCUT2D eigenvalue weighted by Crippen LogP contribution is -2.08. The molecule has 0 amide bonds. The maximum atomic E-state index is 13.4. The van der Waals surface area contributed by atoms with Crippen LogP contribution in [0.5, 0.6) is 5.75 Å². The Bertz CT molecular complexity index is 665. The van der Waals surface area contributed by atoms with Crippen LogP contribution in [0, 0.1) is 12.7 Å². The van der Waals surface area contributed by atoms with Gasteiger partial charge < -0.3 is 9.94 Å². The topological polar surface area (TPSA) is 59.6 Å². The van der Waals surface area contributed by atoms with Crippen LogP contribution in [0.4, 0.5) is 4.39 Å². The Hall–Kier alpha value is -2.37. The van der Waals surface area contributed by atoms with E-state index in [0.717, 1.165) is 17.9 Å². The van der Waals surface area contributed by atoms with Crippen LogP contribution < -0.4 is 4.74 Å². The van der Waals surface area contributed by atoms with E-state index in [9.17, 15) is 4.39 Å². The highest BCUT2D eigenvalue weighted by Gasteiger charge is 2.11. The normalized spacial score (nSPS) is 11.7. The monoisotopic (exact) mass is 291 g/mol. The van der Waals surface area contributed by atoms with Crippen LogP contribution >= 0.6 is 0 Å². The average Bonchev–Trinajstić information content (AvgIpc) is 2.84. The Morgan fingerprint density at radius 1 is 1.43 bits per heavy atom. The van der Waals surface area contributed by atoms with Crippen LogP contribution in [0.25, 0.3) is 0 Å². The molecule has 1 heterocycles. The minimum absolute atomic E-state index is 0.268. The van der Waals surface area contributed by atoms with Crippen molar-refractivity contribution >= 4 is 5.71 Å². The van der Waals surface area contributed by atoms with E-state index in [1.165, 1.54) is 18.2 Å². The van der Waals surface area contributed by atoms with Crippen molar-refractivity contribution in [1.29, 1.82) is 0 Å². The standard InChI is InChI=1S/C15H18FN3O2/c1-4-19-13(7-10(2)17-19)9-21-15-8-12(16)5-6-14(15)11(3)18-20/h5-8,20H,4,9H2,1-3H3. The van der Waals surface area contributed by atoms with Crippen molar-refractivity contribution < 1.29 is 14.3 Å². The Kier molecular flexibility index (Phi) is 4.57. The van der Waals surface area contributed by atoms with E-state index in [4.69, 9.17) is 9.94 Å². The van der Waals surface area contributed by atoms with Crippen LogP contribution in [0.15, 0.2) is 29.4 Å². The molecule has 5 nitrogen and oxygen atoms in total. The molecule has 0 fully saturated rings. The molecule has 0 spiro atoms. The number of hydrogen-bond acceptors (Lipinski definition) is 4. The largest absolute Gasteiger partial charge is 0.487 e. The van der Waals surface area contributed by atoms with Crippen molar-refractivity contribution in [2.75, 3.05) is 0 Å². The molecule has 1 N–H and O–H groups in total. The molecule has 0 bridgehead atoms. The maximum absolute atomic E-state index is 13.4. The van der Waals surface area contributed by atoms with Gasteiger partial charge in [0.05, 0.1) is 17.1 Å². The average molecular weight is 291 g/mol. The first-order valence-electron chi connectivity index (χ1n) is 6.69. The minimum Gasteiger partial charge on any atom is -0.487 e. The highest BCUT2D eigenvalue weighted by Crippen LogP contribution is 2.22. The van der Waals surface area contributed by atoms with Gasteiger partial charge >= 0.3 is 0 Å². The van der Waals surface area contributed by atoms with Gasteiger partial charge in [-0.05, 0) is 39.0 Å². The van der Waals surface area contributed by atoms with Gasteiger partial charge in [0.1, 0.15) is 18.2 Å². The molecule has 112 valence electrons. The van der Waals surface area contributed by atoms with Crippen molar-refractivity contribution in [3.63, 3.8) is 0 Å². The molecule has 0 unspecified atom stereocenters. The fourth-order valence-corrected chi connectivity index (χ4v) is 2.11. The second kappa shape index (κ2) is 6.39. The maximum Gasteiger partial charge on any atom is 0.131 e. The summed E-state index contributed by atoms with van der Waals surface area (Å²) < 4.78 is 20.9. The number of ether oxygens (including phenoxy) is 1. The first-order chi connectivity index (χ1) is 10.0. The van der Waals surface area contributed by atoms with Crippen molar-refractivity contribution in [3.05, 3.63) is 47.0 Å². The molecule has 2 aromatic rings. The molecular formula is C15H18FN3O2. The summed E-state index contributed by atoms with van der Waals surface area (Å²) in [7, 11) is 0. The lowest BCUT2D eigenvalue weighted by Gasteiger charge is -2.11. The number of benzene rings is 1. The first kappa shape index (κ1) is 15.0. The zero-order chi connectivity index (χ0) is 15.4.